The van der Waals surface area contributed by atoms with E-state index in [4.69, 9.17) is 32.2 Å². The Morgan fingerprint density at radius 3 is 2.40 bits per heavy atom. The largest absolute Gasteiger partial charge is 0.490 e. The Morgan fingerprint density at radius 2 is 1.77 bits per heavy atom. The van der Waals surface area contributed by atoms with E-state index in [9.17, 15) is 4.79 Å². The smallest absolute Gasteiger partial charge is 0.265 e. The van der Waals surface area contributed by atoms with Gasteiger partial charge < -0.3 is 20.5 Å². The number of ether oxygens (including phenoxy) is 2. The van der Waals surface area contributed by atoms with Crippen molar-refractivity contribution in [2.45, 2.75) is 32.9 Å². The maximum Gasteiger partial charge on any atom is 0.265 e. The summed E-state index contributed by atoms with van der Waals surface area (Å²) in [4.78, 5) is 13.3. The van der Waals surface area contributed by atoms with Gasteiger partial charge >= 0.3 is 0 Å². The molecule has 9 heteroatoms. The molecule has 0 bridgehead atoms. The summed E-state index contributed by atoms with van der Waals surface area (Å²) in [6, 6.07) is 18.7. The first-order valence-electron chi connectivity index (χ1n) is 11.2. The van der Waals surface area contributed by atoms with Crippen LogP contribution in [0.2, 0.25) is 5.02 Å². The number of amides is 1. The Morgan fingerprint density at radius 1 is 1.06 bits per heavy atom. The van der Waals surface area contributed by atoms with E-state index in [0.717, 1.165) is 0 Å². The van der Waals surface area contributed by atoms with Gasteiger partial charge in [-0.3, -0.25) is 21.1 Å². The molecule has 0 radical (unpaired) electrons. The van der Waals surface area contributed by atoms with Crippen LogP contribution in [0.5, 0.6) is 11.5 Å². The third-order valence-electron chi connectivity index (χ3n) is 4.93. The average molecular weight is 496 g/mol. The molecule has 1 atom stereocenters. The van der Waals surface area contributed by atoms with Crippen LogP contribution in [0, 0.1) is 5.41 Å². The minimum absolute atomic E-state index is 0.0307. The SMILES string of the molecule is CCOc1cc(C(Nc2ccc(C(=N)N)cc2)C(=O)NNc2ccccc2Cl)ccc1OC(C)C. The van der Waals surface area contributed by atoms with Gasteiger partial charge in [0.25, 0.3) is 5.91 Å². The van der Waals surface area contributed by atoms with Crippen LogP contribution in [-0.4, -0.2) is 24.5 Å². The molecule has 0 saturated heterocycles. The van der Waals surface area contributed by atoms with Crippen molar-refractivity contribution in [2.24, 2.45) is 5.73 Å². The van der Waals surface area contributed by atoms with Gasteiger partial charge in [0.1, 0.15) is 11.9 Å². The highest BCUT2D eigenvalue weighted by Crippen LogP contribution is 2.33. The molecule has 8 nitrogen and oxygen atoms in total. The fourth-order valence-corrected chi connectivity index (χ4v) is 3.48. The normalized spacial score (nSPS) is 11.5. The Hall–Kier alpha value is -3.91. The lowest BCUT2D eigenvalue weighted by Gasteiger charge is -2.23. The van der Waals surface area contributed by atoms with Crippen LogP contribution in [-0.2, 0) is 4.79 Å². The molecule has 3 rings (SSSR count). The van der Waals surface area contributed by atoms with E-state index in [2.05, 4.69) is 16.2 Å². The zero-order valence-corrected chi connectivity index (χ0v) is 20.6. The summed E-state index contributed by atoms with van der Waals surface area (Å²) in [5.74, 6) is 0.770. The summed E-state index contributed by atoms with van der Waals surface area (Å²) in [7, 11) is 0. The van der Waals surface area contributed by atoms with E-state index in [1.54, 1.807) is 54.6 Å². The molecule has 0 heterocycles. The minimum atomic E-state index is -0.791. The first-order chi connectivity index (χ1) is 16.8. The number of anilines is 2. The quantitative estimate of drug-likeness (QED) is 0.143. The predicted octanol–water partition coefficient (Wildman–Crippen LogP) is 5.11. The first kappa shape index (κ1) is 25.7. The van der Waals surface area contributed by atoms with E-state index < -0.39 is 6.04 Å². The maximum absolute atomic E-state index is 13.3. The van der Waals surface area contributed by atoms with Crippen molar-refractivity contribution >= 4 is 34.7 Å². The van der Waals surface area contributed by atoms with Gasteiger partial charge in [0.05, 0.1) is 23.4 Å². The number of hydrazine groups is 1. The van der Waals surface area contributed by atoms with Gasteiger partial charge in [0.2, 0.25) is 0 Å². The highest BCUT2D eigenvalue weighted by Gasteiger charge is 2.23. The summed E-state index contributed by atoms with van der Waals surface area (Å²) in [6.07, 6.45) is -0.0307. The van der Waals surface area contributed by atoms with Gasteiger partial charge in [-0.15, -0.1) is 0 Å². The van der Waals surface area contributed by atoms with Crippen LogP contribution in [0.25, 0.3) is 0 Å². The zero-order chi connectivity index (χ0) is 25.4. The lowest BCUT2D eigenvalue weighted by atomic mass is 10.0. The Labute approximate surface area is 210 Å². The highest BCUT2D eigenvalue weighted by atomic mass is 35.5. The topological polar surface area (TPSA) is 121 Å². The summed E-state index contributed by atoms with van der Waals surface area (Å²) < 4.78 is 11.7. The summed E-state index contributed by atoms with van der Waals surface area (Å²) in [6.45, 7) is 6.21. The van der Waals surface area contributed by atoms with E-state index >= 15 is 0 Å². The molecule has 3 aromatic rings. The number of amidine groups is 1. The third kappa shape index (κ3) is 7.04. The predicted molar refractivity (Wildman–Crippen MR) is 140 cm³/mol. The van der Waals surface area contributed by atoms with Crippen molar-refractivity contribution in [1.29, 1.82) is 5.41 Å². The Kier molecular flexibility index (Phi) is 8.80. The number of halogens is 1. The van der Waals surface area contributed by atoms with Gasteiger partial charge in [-0.2, -0.15) is 0 Å². The van der Waals surface area contributed by atoms with Crippen molar-refractivity contribution in [3.05, 3.63) is 82.9 Å². The second-order valence-corrected chi connectivity index (χ2v) is 8.38. The number of benzene rings is 3. The first-order valence-corrected chi connectivity index (χ1v) is 11.6. The molecule has 35 heavy (non-hydrogen) atoms. The van der Waals surface area contributed by atoms with Gasteiger partial charge in [-0.1, -0.05) is 29.8 Å². The minimum Gasteiger partial charge on any atom is -0.490 e. The Balaban J connectivity index is 1.91. The van der Waals surface area contributed by atoms with E-state index in [1.807, 2.05) is 32.9 Å². The number of nitrogen functional groups attached to an aromatic ring is 1. The van der Waals surface area contributed by atoms with Crippen LogP contribution in [0.15, 0.2) is 66.7 Å². The monoisotopic (exact) mass is 495 g/mol. The molecule has 3 aromatic carbocycles. The molecule has 0 aliphatic carbocycles. The second kappa shape index (κ2) is 12.0. The third-order valence-corrected chi connectivity index (χ3v) is 5.26. The number of para-hydroxylation sites is 1. The van der Waals surface area contributed by atoms with Crippen LogP contribution in [0.1, 0.15) is 37.9 Å². The molecular weight excluding hydrogens is 466 g/mol. The number of rotatable bonds is 11. The van der Waals surface area contributed by atoms with Crippen molar-refractivity contribution in [3.63, 3.8) is 0 Å². The van der Waals surface area contributed by atoms with E-state index in [1.165, 1.54) is 0 Å². The number of hydrogen-bond donors (Lipinski definition) is 5. The van der Waals surface area contributed by atoms with Gasteiger partial charge in [0.15, 0.2) is 11.5 Å². The van der Waals surface area contributed by atoms with Crippen molar-refractivity contribution in [3.8, 4) is 11.5 Å². The van der Waals surface area contributed by atoms with E-state index in [-0.39, 0.29) is 17.8 Å². The van der Waals surface area contributed by atoms with Crippen LogP contribution < -0.4 is 31.4 Å². The summed E-state index contributed by atoms with van der Waals surface area (Å²) in [5, 5.41) is 11.3. The molecule has 1 unspecified atom stereocenters. The van der Waals surface area contributed by atoms with Gasteiger partial charge in [-0.25, -0.2) is 0 Å². The number of carbonyl (C=O) groups excluding carboxylic acids is 1. The molecular formula is C26H30ClN5O3. The fourth-order valence-electron chi connectivity index (χ4n) is 3.30. The van der Waals surface area contributed by atoms with Crippen molar-refractivity contribution < 1.29 is 14.3 Å². The maximum atomic E-state index is 13.3. The molecule has 0 aromatic heterocycles. The molecule has 184 valence electrons. The average Bonchev–Trinajstić information content (AvgIpc) is 2.83. The molecule has 0 fully saturated rings. The second-order valence-electron chi connectivity index (χ2n) is 7.97. The Bertz CT molecular complexity index is 1170. The summed E-state index contributed by atoms with van der Waals surface area (Å²) >= 11 is 6.20. The number of nitrogens with one attached hydrogen (secondary N) is 4. The summed E-state index contributed by atoms with van der Waals surface area (Å²) in [5.41, 5.74) is 13.7. The van der Waals surface area contributed by atoms with Gasteiger partial charge in [0, 0.05) is 11.3 Å². The van der Waals surface area contributed by atoms with E-state index in [0.29, 0.717) is 45.6 Å². The lowest BCUT2D eigenvalue weighted by Crippen LogP contribution is -2.37. The van der Waals surface area contributed by atoms with Crippen molar-refractivity contribution in [2.75, 3.05) is 17.3 Å². The van der Waals surface area contributed by atoms with Crippen LogP contribution in [0.4, 0.5) is 11.4 Å². The molecule has 0 saturated carbocycles. The fraction of sp³-hybridized carbons (Fsp3) is 0.231. The zero-order valence-electron chi connectivity index (χ0n) is 19.9. The number of carbonyl (C=O) groups is 1. The number of hydrogen-bond acceptors (Lipinski definition) is 6. The molecule has 6 N–H and O–H groups in total. The lowest BCUT2D eigenvalue weighted by molar-refractivity contribution is -0.121. The standard InChI is InChI=1S/C26H30ClN5O3/c1-4-34-23-15-18(11-14-22(23)35-16(2)3)24(30-19-12-9-17(10-13-19)25(28)29)26(33)32-31-21-8-6-5-7-20(21)27/h5-16,24,30-31H,4H2,1-3H3,(H3,28,29)(H,32,33). The molecule has 0 aliphatic heterocycles. The van der Waals surface area contributed by atoms with Crippen molar-refractivity contribution in [1.82, 2.24) is 5.43 Å². The van der Waals surface area contributed by atoms with Gasteiger partial charge in [-0.05, 0) is 74.9 Å². The number of nitrogens with two attached hydrogens (primary N) is 1. The van der Waals surface area contributed by atoms with Crippen LogP contribution >= 0.6 is 11.6 Å². The molecule has 1 amide bonds. The molecule has 0 aliphatic rings. The van der Waals surface area contributed by atoms with Crippen LogP contribution in [0.3, 0.4) is 0 Å². The highest BCUT2D eigenvalue weighted by molar-refractivity contribution is 6.33. The molecule has 0 spiro atoms.